The number of anilines is 1. The van der Waals surface area contributed by atoms with Gasteiger partial charge in [-0.05, 0) is 18.9 Å². The Balaban J connectivity index is 1.83. The van der Waals surface area contributed by atoms with Crippen molar-refractivity contribution in [3.63, 3.8) is 0 Å². The molecular weight excluding hydrogens is 352 g/mol. The normalized spacial score (nSPS) is 13.0. The minimum Gasteiger partial charge on any atom is -0.357 e. The number of thioether (sulfide) groups is 1. The molecule has 1 aromatic heterocycles. The van der Waals surface area contributed by atoms with Gasteiger partial charge in [0, 0.05) is 19.0 Å². The number of nitrogens with zero attached hydrogens (tertiary/aromatic N) is 2. The van der Waals surface area contributed by atoms with Crippen molar-refractivity contribution < 1.29 is 4.79 Å². The van der Waals surface area contributed by atoms with Crippen molar-refractivity contribution in [2.45, 2.75) is 35.8 Å². The first-order valence-corrected chi connectivity index (χ1v) is 10.0. The van der Waals surface area contributed by atoms with Gasteiger partial charge < -0.3 is 10.6 Å². The van der Waals surface area contributed by atoms with Crippen molar-refractivity contribution in [1.29, 1.82) is 0 Å². The van der Waals surface area contributed by atoms with Gasteiger partial charge in [0.25, 0.3) is 0 Å². The lowest BCUT2D eigenvalue weighted by Gasteiger charge is -2.17. The molecule has 2 atom stereocenters. The second kappa shape index (κ2) is 10.2. The van der Waals surface area contributed by atoms with E-state index >= 15 is 0 Å². The maximum absolute atomic E-state index is 12.4. The molecule has 2 rings (SSSR count). The molecule has 1 aromatic carbocycles. The van der Waals surface area contributed by atoms with Gasteiger partial charge in [0.1, 0.15) is 0 Å². The predicted octanol–water partition coefficient (Wildman–Crippen LogP) is 3.93. The molecular formula is C18H24N4OS2. The minimum absolute atomic E-state index is 0.0233. The van der Waals surface area contributed by atoms with Crippen molar-refractivity contribution in [2.75, 3.05) is 18.4 Å². The average Bonchev–Trinajstić information content (AvgIpc) is 3.08. The van der Waals surface area contributed by atoms with Crippen LogP contribution in [0.4, 0.5) is 5.13 Å². The fraction of sp³-hybridized carbons (Fsp3) is 0.389. The van der Waals surface area contributed by atoms with E-state index in [1.807, 2.05) is 25.1 Å². The van der Waals surface area contributed by atoms with Gasteiger partial charge in [-0.15, -0.1) is 16.8 Å². The van der Waals surface area contributed by atoms with Crippen LogP contribution in [0.15, 0.2) is 47.3 Å². The Morgan fingerprint density at radius 1 is 1.36 bits per heavy atom. The van der Waals surface area contributed by atoms with Gasteiger partial charge in [0.2, 0.25) is 11.0 Å². The molecule has 0 aliphatic carbocycles. The summed E-state index contributed by atoms with van der Waals surface area (Å²) in [6.45, 7) is 8.98. The lowest BCUT2D eigenvalue weighted by molar-refractivity contribution is -0.120. The molecule has 134 valence electrons. The topological polar surface area (TPSA) is 66.9 Å². The molecule has 0 bridgehead atoms. The standard InChI is InChI=1S/C18H24N4OS2/c1-4-11-19-17-21-22-18(25-17)24-13(3)16(23)20-12-14(5-2)15-9-7-6-8-10-15/h4,6-10,13-14H,1,5,11-12H2,2-3H3,(H,19,21)(H,20,23)/t13-,14+/m1/s1. The van der Waals surface area contributed by atoms with E-state index in [4.69, 9.17) is 0 Å². The molecule has 1 heterocycles. The zero-order valence-electron chi connectivity index (χ0n) is 14.6. The number of hydrogen-bond acceptors (Lipinski definition) is 6. The Labute approximate surface area is 157 Å². The number of rotatable bonds is 10. The summed E-state index contributed by atoms with van der Waals surface area (Å²) < 4.78 is 0.782. The third kappa shape index (κ3) is 6.17. The Bertz CT molecular complexity index is 675. The van der Waals surface area contributed by atoms with Crippen molar-refractivity contribution >= 4 is 34.1 Å². The van der Waals surface area contributed by atoms with Crippen LogP contribution in [-0.4, -0.2) is 34.4 Å². The summed E-state index contributed by atoms with van der Waals surface area (Å²) in [5.41, 5.74) is 1.26. The number of carbonyl (C=O) groups is 1. The second-order valence-electron chi connectivity index (χ2n) is 5.56. The van der Waals surface area contributed by atoms with E-state index in [1.54, 1.807) is 6.08 Å². The third-order valence-electron chi connectivity index (χ3n) is 3.74. The van der Waals surface area contributed by atoms with Crippen molar-refractivity contribution in [3.05, 3.63) is 48.6 Å². The first-order chi connectivity index (χ1) is 12.1. The van der Waals surface area contributed by atoms with Crippen LogP contribution in [0.5, 0.6) is 0 Å². The van der Waals surface area contributed by atoms with E-state index in [-0.39, 0.29) is 11.2 Å². The van der Waals surface area contributed by atoms with Gasteiger partial charge in [0.05, 0.1) is 5.25 Å². The van der Waals surface area contributed by atoms with Crippen LogP contribution in [0.3, 0.4) is 0 Å². The zero-order chi connectivity index (χ0) is 18.1. The number of hydrogen-bond donors (Lipinski definition) is 2. The molecule has 5 nitrogen and oxygen atoms in total. The molecule has 7 heteroatoms. The predicted molar refractivity (Wildman–Crippen MR) is 106 cm³/mol. The molecule has 2 N–H and O–H groups in total. The van der Waals surface area contributed by atoms with Gasteiger partial charge in [0.15, 0.2) is 4.34 Å². The highest BCUT2D eigenvalue weighted by Crippen LogP contribution is 2.29. The van der Waals surface area contributed by atoms with Crippen molar-refractivity contribution in [3.8, 4) is 0 Å². The lowest BCUT2D eigenvalue weighted by Crippen LogP contribution is -2.34. The van der Waals surface area contributed by atoms with Crippen LogP contribution in [0, 0.1) is 0 Å². The Morgan fingerprint density at radius 3 is 2.80 bits per heavy atom. The Hall–Kier alpha value is -1.86. The number of aromatic nitrogens is 2. The Morgan fingerprint density at radius 2 is 2.12 bits per heavy atom. The lowest BCUT2D eigenvalue weighted by atomic mass is 9.96. The minimum atomic E-state index is -0.214. The number of carbonyl (C=O) groups excluding carboxylic acids is 1. The Kier molecular flexibility index (Phi) is 7.94. The molecule has 0 aliphatic heterocycles. The highest BCUT2D eigenvalue weighted by atomic mass is 32.2. The SMILES string of the molecule is C=CCNc1nnc(S[C@H](C)C(=O)NC[C@H](CC)c2ccccc2)s1. The second-order valence-corrected chi connectivity index (χ2v) is 8.13. The zero-order valence-corrected chi connectivity index (χ0v) is 16.2. The van der Waals surface area contributed by atoms with E-state index in [1.165, 1.54) is 28.7 Å². The van der Waals surface area contributed by atoms with E-state index in [9.17, 15) is 4.79 Å². The average molecular weight is 377 g/mol. The van der Waals surface area contributed by atoms with Gasteiger partial charge in [-0.1, -0.05) is 66.4 Å². The van der Waals surface area contributed by atoms with E-state index < -0.39 is 0 Å². The monoisotopic (exact) mass is 376 g/mol. The summed E-state index contributed by atoms with van der Waals surface area (Å²) in [4.78, 5) is 12.4. The fourth-order valence-electron chi connectivity index (χ4n) is 2.28. The number of nitrogens with one attached hydrogen (secondary N) is 2. The number of amides is 1. The maximum Gasteiger partial charge on any atom is 0.233 e. The molecule has 0 fully saturated rings. The molecule has 25 heavy (non-hydrogen) atoms. The van der Waals surface area contributed by atoms with Gasteiger partial charge in [-0.25, -0.2) is 0 Å². The van der Waals surface area contributed by atoms with Gasteiger partial charge in [-0.2, -0.15) is 0 Å². The quantitative estimate of drug-likeness (QED) is 0.486. The van der Waals surface area contributed by atoms with Gasteiger partial charge in [-0.3, -0.25) is 4.79 Å². The highest BCUT2D eigenvalue weighted by Gasteiger charge is 2.18. The van der Waals surface area contributed by atoms with E-state index in [2.05, 4.69) is 46.5 Å². The first-order valence-electron chi connectivity index (χ1n) is 8.31. The first kappa shape index (κ1) is 19.5. The summed E-state index contributed by atoms with van der Waals surface area (Å²) in [5.74, 6) is 0.355. The highest BCUT2D eigenvalue weighted by molar-refractivity contribution is 8.02. The van der Waals surface area contributed by atoms with Crippen molar-refractivity contribution in [1.82, 2.24) is 15.5 Å². The van der Waals surface area contributed by atoms with Crippen LogP contribution >= 0.6 is 23.1 Å². The van der Waals surface area contributed by atoms with Gasteiger partial charge >= 0.3 is 0 Å². The maximum atomic E-state index is 12.4. The molecule has 0 spiro atoms. The summed E-state index contributed by atoms with van der Waals surface area (Å²) >= 11 is 2.87. The third-order valence-corrected chi connectivity index (χ3v) is 5.80. The van der Waals surface area contributed by atoms with Crippen molar-refractivity contribution in [2.24, 2.45) is 0 Å². The van der Waals surface area contributed by atoms with Crippen LogP contribution < -0.4 is 10.6 Å². The molecule has 0 unspecified atom stereocenters. The van der Waals surface area contributed by atoms with Crippen LogP contribution in [0.25, 0.3) is 0 Å². The summed E-state index contributed by atoms with van der Waals surface area (Å²) in [6.07, 6.45) is 2.75. The summed E-state index contributed by atoms with van der Waals surface area (Å²) in [7, 11) is 0. The molecule has 1 amide bonds. The molecule has 0 aliphatic rings. The fourth-order valence-corrected chi connectivity index (χ4v) is 4.21. The molecule has 0 saturated heterocycles. The number of benzene rings is 1. The molecule has 2 aromatic rings. The van der Waals surface area contributed by atoms with Crippen LogP contribution in [-0.2, 0) is 4.79 Å². The van der Waals surface area contributed by atoms with E-state index in [0.29, 0.717) is 19.0 Å². The largest absolute Gasteiger partial charge is 0.357 e. The molecule has 0 radical (unpaired) electrons. The summed E-state index contributed by atoms with van der Waals surface area (Å²) in [5, 5.41) is 14.8. The van der Waals surface area contributed by atoms with Crippen LogP contribution in [0.2, 0.25) is 0 Å². The smallest absolute Gasteiger partial charge is 0.233 e. The van der Waals surface area contributed by atoms with Crippen LogP contribution in [0.1, 0.15) is 31.7 Å². The molecule has 0 saturated carbocycles. The van der Waals surface area contributed by atoms with E-state index in [0.717, 1.165) is 15.9 Å². The summed E-state index contributed by atoms with van der Waals surface area (Å²) in [6, 6.07) is 10.3.